The van der Waals surface area contributed by atoms with Gasteiger partial charge in [0.25, 0.3) is 0 Å². The predicted octanol–water partition coefficient (Wildman–Crippen LogP) is 4.30. The van der Waals surface area contributed by atoms with Gasteiger partial charge in [-0.15, -0.1) is 0 Å². The van der Waals surface area contributed by atoms with E-state index in [2.05, 4.69) is 50.4 Å². The van der Waals surface area contributed by atoms with Crippen LogP contribution in [0.2, 0.25) is 0 Å². The van der Waals surface area contributed by atoms with Gasteiger partial charge >= 0.3 is 0 Å². The Bertz CT molecular complexity index is 350. The molecule has 0 bridgehead atoms. The molecule has 1 N–H and O–H groups in total. The fourth-order valence-corrected chi connectivity index (χ4v) is 2.69. The first-order valence-electron chi connectivity index (χ1n) is 7.53. The van der Waals surface area contributed by atoms with Crippen LogP contribution in [0.15, 0.2) is 24.3 Å². The van der Waals surface area contributed by atoms with E-state index in [1.54, 1.807) is 5.56 Å². The molecule has 1 heteroatoms. The number of hydrogen-bond acceptors (Lipinski definition) is 1. The molecule has 1 aromatic rings. The highest BCUT2D eigenvalue weighted by Gasteiger charge is 2.20. The molecule has 18 heavy (non-hydrogen) atoms. The van der Waals surface area contributed by atoms with Crippen LogP contribution in [0.25, 0.3) is 0 Å². The smallest absolute Gasteiger partial charge is 0.00175 e. The molecule has 0 heterocycles. The normalized spacial score (nSPS) is 19.3. The summed E-state index contributed by atoms with van der Waals surface area (Å²) >= 11 is 0. The summed E-state index contributed by atoms with van der Waals surface area (Å²) < 4.78 is 0. The second-order valence-electron chi connectivity index (χ2n) is 5.87. The Balaban J connectivity index is 1.95. The Morgan fingerprint density at radius 1 is 1.17 bits per heavy atom. The maximum Gasteiger partial charge on any atom is -0.00175 e. The van der Waals surface area contributed by atoms with Gasteiger partial charge in [0.15, 0.2) is 0 Å². The molecule has 0 amide bonds. The highest BCUT2D eigenvalue weighted by molar-refractivity contribution is 5.28. The minimum absolute atomic E-state index is 0.638. The van der Waals surface area contributed by atoms with Crippen LogP contribution < -0.4 is 5.32 Å². The molecular weight excluding hydrogens is 218 g/mol. The minimum atomic E-state index is 0.638. The Labute approximate surface area is 112 Å². The van der Waals surface area contributed by atoms with Crippen LogP contribution >= 0.6 is 0 Å². The summed E-state index contributed by atoms with van der Waals surface area (Å²) in [6, 6.07) is 9.41. The quantitative estimate of drug-likeness (QED) is 0.787. The lowest BCUT2D eigenvalue weighted by molar-refractivity contribution is 0.419. The molecule has 1 aromatic carbocycles. The van der Waals surface area contributed by atoms with Gasteiger partial charge in [0.2, 0.25) is 0 Å². The summed E-state index contributed by atoms with van der Waals surface area (Å²) in [5.41, 5.74) is 3.04. The first kappa shape index (κ1) is 13.6. The van der Waals surface area contributed by atoms with E-state index in [1.807, 2.05) is 0 Å². The Morgan fingerprint density at radius 2 is 1.83 bits per heavy atom. The molecule has 1 nitrogen and oxygen atoms in total. The van der Waals surface area contributed by atoms with Crippen molar-refractivity contribution < 1.29 is 0 Å². The lowest BCUT2D eigenvalue weighted by Crippen LogP contribution is -2.24. The summed E-state index contributed by atoms with van der Waals surface area (Å²) in [6.45, 7) is 9.04. The third-order valence-corrected chi connectivity index (χ3v) is 4.61. The molecule has 0 spiro atoms. The van der Waals surface area contributed by atoms with Crippen molar-refractivity contribution in [2.75, 3.05) is 13.1 Å². The van der Waals surface area contributed by atoms with Gasteiger partial charge in [0.1, 0.15) is 0 Å². The van der Waals surface area contributed by atoms with E-state index >= 15 is 0 Å². The lowest BCUT2D eigenvalue weighted by atomic mass is 9.79. The number of rotatable bonds is 6. The molecule has 1 saturated carbocycles. The van der Waals surface area contributed by atoms with Crippen LogP contribution in [0.5, 0.6) is 0 Å². The SMILES string of the molecule is CCNCC(C)C(C)c1ccc(C2CCC2)cc1. The maximum atomic E-state index is 3.45. The predicted molar refractivity (Wildman–Crippen MR) is 79.2 cm³/mol. The summed E-state index contributed by atoms with van der Waals surface area (Å²) in [7, 11) is 0. The fourth-order valence-electron chi connectivity index (χ4n) is 2.69. The third-order valence-electron chi connectivity index (χ3n) is 4.61. The molecule has 1 aliphatic rings. The van der Waals surface area contributed by atoms with E-state index in [9.17, 15) is 0 Å². The molecule has 0 saturated heterocycles. The van der Waals surface area contributed by atoms with Crippen LogP contribution in [0.1, 0.15) is 63.0 Å². The molecular formula is C17H27N. The summed E-state index contributed by atoms with van der Waals surface area (Å²) in [5.74, 6) is 2.19. The zero-order chi connectivity index (χ0) is 13.0. The highest BCUT2D eigenvalue weighted by atomic mass is 14.8. The van der Waals surface area contributed by atoms with Gasteiger partial charge in [-0.1, -0.05) is 51.5 Å². The maximum absolute atomic E-state index is 3.45. The Kier molecular flexibility index (Phi) is 4.82. The molecule has 100 valence electrons. The van der Waals surface area contributed by atoms with Crippen molar-refractivity contribution in [1.82, 2.24) is 5.32 Å². The van der Waals surface area contributed by atoms with E-state index in [1.165, 1.54) is 24.8 Å². The molecule has 2 unspecified atom stereocenters. The third kappa shape index (κ3) is 3.14. The first-order valence-corrected chi connectivity index (χ1v) is 7.53. The standard InChI is InChI=1S/C17H27N/c1-4-18-12-13(2)14(3)15-8-10-17(11-9-15)16-6-5-7-16/h8-11,13-14,16,18H,4-7,12H2,1-3H3. The van der Waals surface area contributed by atoms with E-state index in [4.69, 9.17) is 0 Å². The van der Waals surface area contributed by atoms with Crippen molar-refractivity contribution in [2.45, 2.75) is 51.9 Å². The van der Waals surface area contributed by atoms with Gasteiger partial charge in [-0.25, -0.2) is 0 Å². The van der Waals surface area contributed by atoms with Crippen molar-refractivity contribution in [1.29, 1.82) is 0 Å². The Hall–Kier alpha value is -0.820. The van der Waals surface area contributed by atoms with Crippen molar-refractivity contribution in [3.63, 3.8) is 0 Å². The largest absolute Gasteiger partial charge is 0.317 e. The second-order valence-corrected chi connectivity index (χ2v) is 5.87. The average Bonchev–Trinajstić information content (AvgIpc) is 2.34. The number of benzene rings is 1. The van der Waals surface area contributed by atoms with E-state index in [-0.39, 0.29) is 0 Å². The minimum Gasteiger partial charge on any atom is -0.317 e. The first-order chi connectivity index (χ1) is 8.72. The molecule has 0 aromatic heterocycles. The average molecular weight is 245 g/mol. The fraction of sp³-hybridized carbons (Fsp3) is 0.647. The van der Waals surface area contributed by atoms with Crippen LogP contribution in [0.3, 0.4) is 0 Å². The molecule has 1 aliphatic carbocycles. The van der Waals surface area contributed by atoms with Gasteiger partial charge < -0.3 is 5.32 Å². The van der Waals surface area contributed by atoms with Crippen LogP contribution in [-0.2, 0) is 0 Å². The molecule has 2 rings (SSSR count). The van der Waals surface area contributed by atoms with Gasteiger partial charge in [0, 0.05) is 0 Å². The zero-order valence-corrected chi connectivity index (χ0v) is 12.1. The van der Waals surface area contributed by atoms with E-state index in [0.29, 0.717) is 11.8 Å². The van der Waals surface area contributed by atoms with Crippen LogP contribution in [0, 0.1) is 5.92 Å². The lowest BCUT2D eigenvalue weighted by Gasteiger charge is -2.26. The van der Waals surface area contributed by atoms with Crippen LogP contribution in [-0.4, -0.2) is 13.1 Å². The van der Waals surface area contributed by atoms with Gasteiger partial charge in [-0.3, -0.25) is 0 Å². The van der Waals surface area contributed by atoms with Gasteiger partial charge in [0.05, 0.1) is 0 Å². The molecule has 2 atom stereocenters. The number of nitrogens with one attached hydrogen (secondary N) is 1. The molecule has 0 aliphatic heterocycles. The van der Waals surface area contributed by atoms with Crippen LogP contribution in [0.4, 0.5) is 0 Å². The van der Waals surface area contributed by atoms with Gasteiger partial charge in [-0.2, -0.15) is 0 Å². The van der Waals surface area contributed by atoms with Crippen molar-refractivity contribution in [3.8, 4) is 0 Å². The second kappa shape index (κ2) is 6.38. The number of hydrogen-bond donors (Lipinski definition) is 1. The van der Waals surface area contributed by atoms with Crippen molar-refractivity contribution in [3.05, 3.63) is 35.4 Å². The van der Waals surface area contributed by atoms with E-state index in [0.717, 1.165) is 19.0 Å². The topological polar surface area (TPSA) is 12.0 Å². The Morgan fingerprint density at radius 3 is 2.33 bits per heavy atom. The van der Waals surface area contributed by atoms with Gasteiger partial charge in [-0.05, 0) is 54.8 Å². The van der Waals surface area contributed by atoms with E-state index < -0.39 is 0 Å². The monoisotopic (exact) mass is 245 g/mol. The molecule has 1 fully saturated rings. The summed E-state index contributed by atoms with van der Waals surface area (Å²) in [6.07, 6.45) is 4.21. The highest BCUT2D eigenvalue weighted by Crippen LogP contribution is 2.36. The van der Waals surface area contributed by atoms with Crippen molar-refractivity contribution in [2.24, 2.45) is 5.92 Å². The summed E-state index contributed by atoms with van der Waals surface area (Å²) in [4.78, 5) is 0. The zero-order valence-electron chi connectivity index (χ0n) is 12.1. The molecule has 0 radical (unpaired) electrons. The van der Waals surface area contributed by atoms with Crippen molar-refractivity contribution >= 4 is 0 Å². The summed E-state index contributed by atoms with van der Waals surface area (Å²) in [5, 5.41) is 3.45.